The number of hydrogen-bond donors (Lipinski definition) is 1. The molecule has 106 valence electrons. The molecule has 1 aromatic carbocycles. The van der Waals surface area contributed by atoms with E-state index in [0.717, 1.165) is 11.6 Å². The fraction of sp³-hybridized carbons (Fsp3) is 0.600. The largest absolute Gasteiger partial charge is 0.382 e. The molecular weight excluding hydrogens is 264 g/mol. The molecule has 0 saturated heterocycles. The van der Waals surface area contributed by atoms with E-state index in [1.54, 1.807) is 12.1 Å². The van der Waals surface area contributed by atoms with Crippen LogP contribution in [-0.4, -0.2) is 11.8 Å². The maximum absolute atomic E-state index is 12.2. The quantitative estimate of drug-likeness (QED) is 0.759. The maximum Gasteiger partial charge on any atom is 0.288 e. The van der Waals surface area contributed by atoms with Crippen LogP contribution in [-0.2, 0) is 0 Å². The molecule has 1 aliphatic rings. The van der Waals surface area contributed by atoms with Crippen molar-refractivity contribution in [3.05, 3.63) is 24.3 Å². The topological polar surface area (TPSA) is 12.0 Å². The normalized spacial score (nSPS) is 27.5. The van der Waals surface area contributed by atoms with E-state index >= 15 is 0 Å². The van der Waals surface area contributed by atoms with Crippen molar-refractivity contribution in [1.29, 1.82) is 0 Å². The predicted octanol–water partition coefficient (Wildman–Crippen LogP) is 5.24. The van der Waals surface area contributed by atoms with E-state index in [4.69, 9.17) is 0 Å². The molecule has 1 saturated carbocycles. The van der Waals surface area contributed by atoms with Gasteiger partial charge in [-0.05, 0) is 55.4 Å². The van der Waals surface area contributed by atoms with Gasteiger partial charge in [-0.2, -0.15) is 8.78 Å². The van der Waals surface area contributed by atoms with Crippen LogP contribution >= 0.6 is 11.8 Å². The molecule has 0 amide bonds. The number of nitrogens with one attached hydrogen (secondary N) is 1. The number of alkyl halides is 2. The van der Waals surface area contributed by atoms with Gasteiger partial charge in [-0.25, -0.2) is 0 Å². The Kier molecular flexibility index (Phi) is 5.08. The van der Waals surface area contributed by atoms with Crippen molar-refractivity contribution in [2.24, 2.45) is 11.8 Å². The Hall–Kier alpha value is -0.770. The minimum Gasteiger partial charge on any atom is -0.382 e. The summed E-state index contributed by atoms with van der Waals surface area (Å²) in [5.41, 5.74) is 1.03. The summed E-state index contributed by atoms with van der Waals surface area (Å²) in [7, 11) is 0. The van der Waals surface area contributed by atoms with Crippen molar-refractivity contribution in [2.45, 2.75) is 49.8 Å². The molecule has 0 aromatic heterocycles. The van der Waals surface area contributed by atoms with Crippen LogP contribution in [0.15, 0.2) is 29.2 Å². The summed E-state index contributed by atoms with van der Waals surface area (Å²) in [5.74, 6) is -0.865. The van der Waals surface area contributed by atoms with Crippen molar-refractivity contribution in [2.75, 3.05) is 5.32 Å². The van der Waals surface area contributed by atoms with Gasteiger partial charge in [0.05, 0.1) is 0 Å². The molecule has 0 spiro atoms. The van der Waals surface area contributed by atoms with Crippen LogP contribution in [0.25, 0.3) is 0 Å². The highest BCUT2D eigenvalue weighted by atomic mass is 32.2. The van der Waals surface area contributed by atoms with E-state index in [-0.39, 0.29) is 0 Å². The molecule has 1 fully saturated rings. The third-order valence-electron chi connectivity index (χ3n) is 3.86. The summed E-state index contributed by atoms with van der Waals surface area (Å²) in [4.78, 5) is 0.617. The van der Waals surface area contributed by atoms with Gasteiger partial charge in [-0.3, -0.25) is 0 Å². The Labute approximate surface area is 118 Å². The molecule has 1 aliphatic carbocycles. The first-order valence-electron chi connectivity index (χ1n) is 6.86. The van der Waals surface area contributed by atoms with Crippen LogP contribution in [0.4, 0.5) is 14.5 Å². The summed E-state index contributed by atoms with van der Waals surface area (Å²) in [6.07, 6.45) is 3.72. The second kappa shape index (κ2) is 6.60. The number of thioether (sulfide) groups is 1. The zero-order chi connectivity index (χ0) is 13.8. The van der Waals surface area contributed by atoms with Crippen molar-refractivity contribution < 1.29 is 8.78 Å². The zero-order valence-corrected chi connectivity index (χ0v) is 12.2. The van der Waals surface area contributed by atoms with Crippen LogP contribution in [0.5, 0.6) is 0 Å². The number of hydrogen-bond acceptors (Lipinski definition) is 2. The molecule has 0 heterocycles. The third kappa shape index (κ3) is 4.37. The summed E-state index contributed by atoms with van der Waals surface area (Å²) in [5, 5.41) is 3.53. The van der Waals surface area contributed by atoms with Crippen LogP contribution in [0.2, 0.25) is 0 Å². The highest BCUT2D eigenvalue weighted by Gasteiger charge is 2.24. The van der Waals surface area contributed by atoms with Crippen molar-refractivity contribution in [3.8, 4) is 0 Å². The average molecular weight is 285 g/mol. The monoisotopic (exact) mass is 285 g/mol. The van der Waals surface area contributed by atoms with Crippen molar-refractivity contribution >= 4 is 17.4 Å². The summed E-state index contributed by atoms with van der Waals surface area (Å²) in [6, 6.07) is 7.82. The predicted molar refractivity (Wildman–Crippen MR) is 77.9 cm³/mol. The van der Waals surface area contributed by atoms with Crippen molar-refractivity contribution in [3.63, 3.8) is 0 Å². The Bertz CT molecular complexity index is 394. The Morgan fingerprint density at radius 3 is 2.42 bits per heavy atom. The molecule has 4 heteroatoms. The van der Waals surface area contributed by atoms with E-state index in [0.29, 0.717) is 28.6 Å². The second-order valence-corrected chi connectivity index (χ2v) is 6.61. The van der Waals surface area contributed by atoms with Gasteiger partial charge in [0.1, 0.15) is 0 Å². The second-order valence-electron chi connectivity index (χ2n) is 5.55. The van der Waals surface area contributed by atoms with Gasteiger partial charge in [0.2, 0.25) is 0 Å². The fourth-order valence-electron chi connectivity index (χ4n) is 2.83. The number of halogens is 2. The van der Waals surface area contributed by atoms with Crippen LogP contribution in [0, 0.1) is 11.8 Å². The lowest BCUT2D eigenvalue weighted by Gasteiger charge is -2.33. The first-order chi connectivity index (χ1) is 9.04. The lowest BCUT2D eigenvalue weighted by molar-refractivity contribution is 0.252. The van der Waals surface area contributed by atoms with E-state index in [2.05, 4.69) is 19.2 Å². The molecule has 0 radical (unpaired) electrons. The lowest BCUT2D eigenvalue weighted by atomic mass is 9.80. The molecule has 2 rings (SSSR count). The molecule has 3 unspecified atom stereocenters. The fourth-order valence-corrected chi connectivity index (χ4v) is 3.33. The highest BCUT2D eigenvalue weighted by molar-refractivity contribution is 7.99. The van der Waals surface area contributed by atoms with E-state index in [1.165, 1.54) is 19.3 Å². The number of benzene rings is 1. The number of anilines is 1. The molecular formula is C15H21F2NS. The summed E-state index contributed by atoms with van der Waals surface area (Å²) < 4.78 is 24.5. The van der Waals surface area contributed by atoms with Gasteiger partial charge in [-0.15, -0.1) is 0 Å². The Morgan fingerprint density at radius 1 is 1.16 bits per heavy atom. The molecule has 19 heavy (non-hydrogen) atoms. The standard InChI is InChI=1S/C15H21F2NS/c1-10-3-8-14(11(2)9-10)18-12-4-6-13(7-5-12)19-15(16)17/h4-7,10-11,14-15,18H,3,8-9H2,1-2H3. The smallest absolute Gasteiger partial charge is 0.288 e. The van der Waals surface area contributed by atoms with Gasteiger partial charge in [0.25, 0.3) is 5.76 Å². The van der Waals surface area contributed by atoms with E-state index < -0.39 is 5.76 Å². The molecule has 0 aliphatic heterocycles. The van der Waals surface area contributed by atoms with Gasteiger partial charge in [0, 0.05) is 16.6 Å². The molecule has 1 nitrogen and oxygen atoms in total. The average Bonchev–Trinajstić information content (AvgIpc) is 2.34. The molecule has 1 aromatic rings. The minimum atomic E-state index is -2.35. The Morgan fingerprint density at radius 2 is 1.84 bits per heavy atom. The third-order valence-corrected chi connectivity index (χ3v) is 4.59. The minimum absolute atomic E-state index is 0.504. The van der Waals surface area contributed by atoms with Gasteiger partial charge < -0.3 is 5.32 Å². The maximum atomic E-state index is 12.2. The lowest BCUT2D eigenvalue weighted by Crippen LogP contribution is -2.32. The number of rotatable bonds is 4. The zero-order valence-electron chi connectivity index (χ0n) is 11.4. The SMILES string of the molecule is CC1CCC(Nc2ccc(SC(F)F)cc2)C(C)C1. The molecule has 0 bridgehead atoms. The van der Waals surface area contributed by atoms with Crippen LogP contribution < -0.4 is 5.32 Å². The van der Waals surface area contributed by atoms with Crippen LogP contribution in [0.1, 0.15) is 33.1 Å². The van der Waals surface area contributed by atoms with Gasteiger partial charge >= 0.3 is 0 Å². The first kappa shape index (κ1) is 14.6. The van der Waals surface area contributed by atoms with Gasteiger partial charge in [0.15, 0.2) is 0 Å². The summed E-state index contributed by atoms with van der Waals surface area (Å²) >= 11 is 0.593. The first-order valence-corrected chi connectivity index (χ1v) is 7.74. The van der Waals surface area contributed by atoms with Gasteiger partial charge in [-0.1, -0.05) is 25.6 Å². The molecule has 1 N–H and O–H groups in total. The highest BCUT2D eigenvalue weighted by Crippen LogP contribution is 2.31. The Balaban J connectivity index is 1.92. The van der Waals surface area contributed by atoms with E-state index in [1.807, 2.05) is 12.1 Å². The summed E-state index contributed by atoms with van der Waals surface area (Å²) in [6.45, 7) is 4.59. The van der Waals surface area contributed by atoms with Crippen molar-refractivity contribution in [1.82, 2.24) is 0 Å². The van der Waals surface area contributed by atoms with Crippen LogP contribution in [0.3, 0.4) is 0 Å². The molecule has 3 atom stereocenters. The van der Waals surface area contributed by atoms with E-state index in [9.17, 15) is 8.78 Å².